The third kappa shape index (κ3) is 41.6. The van der Waals surface area contributed by atoms with Crippen LogP contribution in [0.4, 0.5) is 0 Å². The molecule has 2 radical (unpaired) electrons. The van der Waals surface area contributed by atoms with E-state index >= 15 is 0 Å². The van der Waals surface area contributed by atoms with Gasteiger partial charge in [0.25, 0.3) is 0 Å². The maximum atomic E-state index is 0. The molecule has 0 aliphatic heterocycles. The normalized spacial score (nSPS) is 0. The number of rotatable bonds is 0. The molecule has 0 fully saturated rings. The van der Waals surface area contributed by atoms with Crippen molar-refractivity contribution in [2.75, 3.05) is 0 Å². The fourth-order valence-corrected chi connectivity index (χ4v) is 0. The van der Waals surface area contributed by atoms with Gasteiger partial charge >= 0.3 is 0 Å². The summed E-state index contributed by atoms with van der Waals surface area (Å²) in [4.78, 5) is 0. The Balaban J connectivity index is 0. The van der Waals surface area contributed by atoms with Crippen molar-refractivity contribution in [3.63, 3.8) is 0 Å². The van der Waals surface area contributed by atoms with Crippen molar-refractivity contribution in [2.24, 2.45) is 0 Å². The van der Waals surface area contributed by atoms with Gasteiger partial charge in [-0.05, 0) is 0 Å². The zero-order valence-electron chi connectivity index (χ0n) is 3.53. The van der Waals surface area contributed by atoms with Gasteiger partial charge in [-0.3, -0.25) is 0 Å². The van der Waals surface area contributed by atoms with E-state index in [4.69, 9.17) is 0 Å². The standard InChI is InChI=1S/CH3.Cr.Mo.Nb.Ni.Ti.V/h1H3;;;;;;/q-1;;;;;;. The first-order valence-electron chi connectivity index (χ1n) is 0. The van der Waals surface area contributed by atoms with Crippen LogP contribution >= 0.6 is 0 Å². The quantitative estimate of drug-likeness (QED) is 0.400. The van der Waals surface area contributed by atoms with Crippen LogP contribution in [0.5, 0.6) is 0 Å². The van der Waals surface area contributed by atoms with Crippen molar-refractivity contribution in [3.8, 4) is 0 Å². The second-order valence-electron chi connectivity index (χ2n) is 0. The SMILES string of the molecule is [CH3-].[Cr].[Mo].[Nb].[Ni].[Ti].[V]. The molecule has 0 amide bonds. The maximum absolute atomic E-state index is 0. The van der Waals surface area contributed by atoms with Gasteiger partial charge in [0, 0.05) is 118 Å². The fourth-order valence-electron chi connectivity index (χ4n) is 0. The molecule has 6 heteroatoms. The summed E-state index contributed by atoms with van der Waals surface area (Å²) in [5.41, 5.74) is 0. The van der Waals surface area contributed by atoms with E-state index in [0.29, 0.717) is 0 Å². The molecule has 0 nitrogen and oxygen atoms in total. The van der Waals surface area contributed by atoms with Gasteiger partial charge in [-0.2, -0.15) is 0 Å². The van der Waals surface area contributed by atoms with E-state index in [9.17, 15) is 0 Å². The van der Waals surface area contributed by atoms with Gasteiger partial charge in [-0.1, -0.05) is 0 Å². The number of hydrogen-bond donors (Lipinski definition) is 0. The van der Waals surface area contributed by atoms with E-state index in [1.54, 1.807) is 0 Å². The molecule has 0 aromatic rings. The minimum absolute atomic E-state index is 0. The maximum Gasteiger partial charge on any atom is 0 e. The Kier molecular flexibility index (Phi) is 550. The van der Waals surface area contributed by atoms with Crippen molar-refractivity contribution >= 4 is 0 Å². The predicted octanol–water partition coefficient (Wildman–Crippen LogP) is 0.435. The molecule has 0 aromatic heterocycles. The smallest absolute Gasteiger partial charge is 0 e. The van der Waals surface area contributed by atoms with Gasteiger partial charge in [0.15, 0.2) is 0 Å². The molecule has 0 bridgehead atoms. The van der Waals surface area contributed by atoms with Crippen molar-refractivity contribution in [3.05, 3.63) is 7.43 Å². The van der Waals surface area contributed by atoms with Crippen molar-refractivity contribution in [1.82, 2.24) is 0 Å². The van der Waals surface area contributed by atoms with E-state index in [-0.39, 0.29) is 125 Å². The molecule has 0 aliphatic rings. The third-order valence-corrected chi connectivity index (χ3v) is 0. The van der Waals surface area contributed by atoms with E-state index < -0.39 is 0 Å². The summed E-state index contributed by atoms with van der Waals surface area (Å²) in [7, 11) is 0. The zero-order valence-corrected chi connectivity index (χ0v) is 13.0. The molecule has 0 spiro atoms. The van der Waals surface area contributed by atoms with Gasteiger partial charge in [0.2, 0.25) is 0 Å². The van der Waals surface area contributed by atoms with Crippen LogP contribution in [0, 0.1) is 7.43 Å². The minimum atomic E-state index is 0. The van der Waals surface area contributed by atoms with Gasteiger partial charge in [0.05, 0.1) is 0 Å². The molecule has 0 atom stereocenters. The van der Waals surface area contributed by atoms with Gasteiger partial charge in [0.1, 0.15) is 0 Å². The van der Waals surface area contributed by atoms with Crippen LogP contribution in [-0.4, -0.2) is 0 Å². The molecule has 0 saturated heterocycles. The molecule has 0 aromatic carbocycles. The summed E-state index contributed by atoms with van der Waals surface area (Å²) >= 11 is 0. The Hall–Kier alpha value is 3.75. The Labute approximate surface area is 123 Å². The van der Waals surface area contributed by atoms with Crippen molar-refractivity contribution < 1.29 is 118 Å². The molecule has 44 valence electrons. The molecule has 0 N–H and O–H groups in total. The van der Waals surface area contributed by atoms with Crippen LogP contribution in [0.1, 0.15) is 0 Å². The third-order valence-electron chi connectivity index (χ3n) is 0. The second-order valence-corrected chi connectivity index (χ2v) is 0. The first kappa shape index (κ1) is 72.6. The second kappa shape index (κ2) is 53.0. The van der Waals surface area contributed by atoms with E-state index in [2.05, 4.69) is 0 Å². The Morgan fingerprint density at radius 1 is 1.00 bits per heavy atom. The van der Waals surface area contributed by atoms with E-state index in [0.717, 1.165) is 0 Å². The van der Waals surface area contributed by atoms with Crippen LogP contribution in [0.2, 0.25) is 0 Å². The summed E-state index contributed by atoms with van der Waals surface area (Å²) in [6.07, 6.45) is 0. The Morgan fingerprint density at radius 3 is 1.00 bits per heavy atom. The summed E-state index contributed by atoms with van der Waals surface area (Å²) in [5.74, 6) is 0. The van der Waals surface area contributed by atoms with Crippen LogP contribution < -0.4 is 0 Å². The molecule has 0 heterocycles. The van der Waals surface area contributed by atoms with Crippen LogP contribution in [-0.2, 0) is 118 Å². The summed E-state index contributed by atoms with van der Waals surface area (Å²) < 4.78 is 0. The van der Waals surface area contributed by atoms with Crippen LogP contribution in [0.25, 0.3) is 0 Å². The topological polar surface area (TPSA) is 0 Å². The molecular formula is CH3CrMoNbNiTiV-. The first-order valence-corrected chi connectivity index (χ1v) is 0. The molecule has 0 saturated carbocycles. The van der Waals surface area contributed by atoms with E-state index in [1.807, 2.05) is 0 Å². The van der Waals surface area contributed by atoms with Gasteiger partial charge in [-0.15, -0.1) is 0 Å². The van der Waals surface area contributed by atoms with Crippen molar-refractivity contribution in [1.29, 1.82) is 0 Å². The minimum Gasteiger partial charge on any atom is -0.358 e. The summed E-state index contributed by atoms with van der Waals surface area (Å²) in [6.45, 7) is 0. The Bertz CT molecular complexity index is 19.7. The van der Waals surface area contributed by atoms with Crippen LogP contribution in [0.3, 0.4) is 0 Å². The van der Waals surface area contributed by atoms with E-state index in [1.165, 1.54) is 0 Å². The van der Waals surface area contributed by atoms with Crippen LogP contribution in [0.15, 0.2) is 0 Å². The fraction of sp³-hybridized carbons (Fsp3) is 0. The molecule has 0 rings (SSSR count). The summed E-state index contributed by atoms with van der Waals surface area (Å²) in [5, 5.41) is 0. The first-order chi connectivity index (χ1) is 0. The molecule has 0 unspecified atom stereocenters. The Morgan fingerprint density at radius 2 is 1.00 bits per heavy atom. The zero-order chi connectivity index (χ0) is 0. The average molecular weight is 413 g/mol. The van der Waals surface area contributed by atoms with Crippen molar-refractivity contribution in [2.45, 2.75) is 0 Å². The number of hydrogen-bond acceptors (Lipinski definition) is 0. The molecular weight excluding hydrogens is 410 g/mol. The van der Waals surface area contributed by atoms with Gasteiger partial charge in [-0.25, -0.2) is 0 Å². The largest absolute Gasteiger partial charge is 0.358 e. The van der Waals surface area contributed by atoms with Gasteiger partial charge < -0.3 is 7.43 Å². The summed E-state index contributed by atoms with van der Waals surface area (Å²) in [6, 6.07) is 0. The molecule has 7 heavy (non-hydrogen) atoms. The predicted molar refractivity (Wildman–Crippen MR) is 6.41 cm³/mol. The average Bonchev–Trinajstić information content (AvgIpc) is 0. The monoisotopic (exact) mass is 415 g/mol. The molecule has 0 aliphatic carbocycles.